The van der Waals surface area contributed by atoms with Gasteiger partial charge in [0.1, 0.15) is 110 Å². The number of hydrogen-bond acceptors (Lipinski definition) is 21. The van der Waals surface area contributed by atoms with Crippen LogP contribution in [0.3, 0.4) is 0 Å². The van der Waals surface area contributed by atoms with Crippen LogP contribution in [-0.2, 0) is 62.6 Å². The van der Waals surface area contributed by atoms with E-state index in [0.29, 0.717) is 48.7 Å². The molecule has 0 amide bonds. The first-order valence-corrected chi connectivity index (χ1v) is 34.5. The first-order chi connectivity index (χ1) is 45.1. The van der Waals surface area contributed by atoms with Gasteiger partial charge in [0.05, 0.1) is 37.0 Å². The molecule has 0 aromatic heterocycles. The molecule has 6 aromatic rings. The van der Waals surface area contributed by atoms with Crippen molar-refractivity contribution in [1.29, 1.82) is 0 Å². The molecule has 508 valence electrons. The van der Waals surface area contributed by atoms with Gasteiger partial charge < -0.3 is 95.2 Å². The second-order valence-corrected chi connectivity index (χ2v) is 28.2. The number of anilines is 2. The molecule has 13 rings (SSSR count). The van der Waals surface area contributed by atoms with E-state index in [2.05, 4.69) is 41.7 Å². The number of aliphatic hydroxyl groups excluding tert-OH is 12. The smallest absolute Gasteiger partial charge is 0.175 e. The van der Waals surface area contributed by atoms with Gasteiger partial charge in [-0.2, -0.15) is 0 Å². The molecule has 0 bridgehead atoms. The summed E-state index contributed by atoms with van der Waals surface area (Å²) in [5.74, 6) is 2.28. The van der Waals surface area contributed by atoms with Crippen LogP contribution in [0.25, 0.3) is 0 Å². The fourth-order valence-corrected chi connectivity index (χ4v) is 14.8. The van der Waals surface area contributed by atoms with E-state index in [9.17, 15) is 69.7 Å². The molecular weight excluding hydrogens is 1230 g/mol. The summed E-state index contributed by atoms with van der Waals surface area (Å²) >= 11 is 0. The summed E-state index contributed by atoms with van der Waals surface area (Å²) in [4.78, 5) is 2.19. The SMILES string of the molecule is CN(C)c1ccc([C@@H]2O[C@H](CO)[C@@H](O)[C@H](O)[C@H]2O)cc1Cc1ccc2c(c1)NCCO2.CS(=O)(=O)c1ccc([C@@H]2O[C@H](CO)[C@@H](O)[C@H](O)[C@H]2O)cc1Cc1ccc2c(c1)CCCO2.OC[C@H]1O[C@@H](c2ccc(C3CC3)c(Cc3ccc4c(c3)CCCC4)c2)[C@H](O)[C@@H](O)[C@@H]1O. The van der Waals surface area contributed by atoms with E-state index >= 15 is 0 Å². The second kappa shape index (κ2) is 30.1. The lowest BCUT2D eigenvalue weighted by Gasteiger charge is -2.40. The maximum Gasteiger partial charge on any atom is 0.175 e. The molecule has 4 fully saturated rings. The first kappa shape index (κ1) is 69.2. The van der Waals surface area contributed by atoms with Gasteiger partial charge in [-0.1, -0.05) is 78.9 Å². The Labute approximate surface area is 548 Å². The van der Waals surface area contributed by atoms with E-state index in [4.69, 9.17) is 23.7 Å². The molecule has 2 aliphatic carbocycles. The average molecular weight is 1320 g/mol. The van der Waals surface area contributed by atoms with E-state index in [-0.39, 0.29) is 4.90 Å². The Morgan fingerprint density at radius 2 is 0.936 bits per heavy atom. The lowest BCUT2D eigenvalue weighted by atomic mass is 9.86. The Kier molecular flexibility index (Phi) is 22.2. The van der Waals surface area contributed by atoms with Crippen LogP contribution in [0, 0.1) is 0 Å². The molecule has 0 unspecified atom stereocenters. The standard InChI is InChI=1S/C26H32O5.C23H30N2O6.C23H28O8S/c27-14-22-23(28)24(29)25(30)26(31-22)19-9-10-21(17-7-8-17)20(13-19)12-15-5-6-16-3-1-2-4-18(16)11-15;1-25(2)17-5-4-14(23-22(29)21(28)20(27)19(12-26)31-23)11-15(17)9-13-3-6-18-16(10-13)24-7-8-30-18;1-32(28,29)19-7-5-15(23-22(27)21(26)20(25)18(12-24)31-23)11-16(19)10-13-4-6-17-14(9-13)3-2-8-30-17/h5-6,9-11,13,17,22-30H,1-4,7-8,12,14H2;3-6,10-11,19-24,26-29H,7-9,12H2,1-2H3;4-7,9,11,18,20-27H,2-3,8,10,12H2,1H3/t22-,23-,24+,25-,26+;19-,20-,21+,22-,23+;18-,20-,21+,22-,23+/m111/s1. The van der Waals surface area contributed by atoms with Crippen molar-refractivity contribution >= 4 is 21.2 Å². The molecule has 7 aliphatic rings. The largest absolute Gasteiger partial charge is 0.493 e. The van der Waals surface area contributed by atoms with Gasteiger partial charge in [0, 0.05) is 32.6 Å². The molecule has 6 aromatic carbocycles. The highest BCUT2D eigenvalue weighted by atomic mass is 32.2. The van der Waals surface area contributed by atoms with Crippen molar-refractivity contribution < 1.29 is 93.4 Å². The Morgan fingerprint density at radius 1 is 0.468 bits per heavy atom. The van der Waals surface area contributed by atoms with E-state index in [1.54, 1.807) is 6.07 Å². The van der Waals surface area contributed by atoms with Gasteiger partial charge in [-0.25, -0.2) is 8.42 Å². The predicted molar refractivity (Wildman–Crippen MR) is 349 cm³/mol. The van der Waals surface area contributed by atoms with Gasteiger partial charge in [0.15, 0.2) is 9.84 Å². The maximum absolute atomic E-state index is 12.4. The van der Waals surface area contributed by atoms with Crippen molar-refractivity contribution in [1.82, 2.24) is 0 Å². The molecule has 3 saturated heterocycles. The van der Waals surface area contributed by atoms with Crippen molar-refractivity contribution in [2.75, 3.05) is 70.1 Å². The third-order valence-corrected chi connectivity index (χ3v) is 20.4. The molecule has 1 saturated carbocycles. The minimum atomic E-state index is -3.52. The van der Waals surface area contributed by atoms with Gasteiger partial charge >= 0.3 is 0 Å². The number of aryl methyl sites for hydroxylation is 3. The predicted octanol–water partition coefficient (Wildman–Crippen LogP) is 3.73. The summed E-state index contributed by atoms with van der Waals surface area (Å²) in [5.41, 5.74) is 15.4. The maximum atomic E-state index is 12.4. The lowest BCUT2D eigenvalue weighted by Crippen LogP contribution is -2.55. The third kappa shape index (κ3) is 15.5. The monoisotopic (exact) mass is 1320 g/mol. The number of rotatable bonds is 15. The topological polar surface area (TPSA) is 338 Å². The number of benzene rings is 6. The number of fused-ring (bicyclic) bond motifs is 3. The molecule has 94 heavy (non-hydrogen) atoms. The fourth-order valence-electron chi connectivity index (χ4n) is 13.9. The lowest BCUT2D eigenvalue weighted by molar-refractivity contribution is -0.231. The van der Waals surface area contributed by atoms with Gasteiger partial charge in [0.2, 0.25) is 0 Å². The summed E-state index contributed by atoms with van der Waals surface area (Å²) in [7, 11) is 0.409. The van der Waals surface area contributed by atoms with Crippen LogP contribution in [0.2, 0.25) is 0 Å². The Hall–Kier alpha value is -6.13. The molecule has 15 atom stereocenters. The van der Waals surface area contributed by atoms with Gasteiger partial charge in [-0.3, -0.25) is 0 Å². The number of nitrogens with zero attached hydrogens (tertiary/aromatic N) is 1. The minimum Gasteiger partial charge on any atom is -0.493 e. The summed E-state index contributed by atoms with van der Waals surface area (Å²) < 4.78 is 53.3. The zero-order valence-corrected chi connectivity index (χ0v) is 54.0. The zero-order chi connectivity index (χ0) is 66.7. The molecule has 5 heterocycles. The van der Waals surface area contributed by atoms with Crippen LogP contribution in [0.5, 0.6) is 11.5 Å². The highest BCUT2D eigenvalue weighted by Gasteiger charge is 2.47. The van der Waals surface area contributed by atoms with Crippen molar-refractivity contribution in [3.05, 3.63) is 182 Å². The van der Waals surface area contributed by atoms with Gasteiger partial charge in [-0.05, 0) is 179 Å². The molecule has 0 radical (unpaired) electrons. The molecule has 13 N–H and O–H groups in total. The van der Waals surface area contributed by atoms with Crippen LogP contribution < -0.4 is 19.7 Å². The van der Waals surface area contributed by atoms with E-state index in [1.165, 1.54) is 72.1 Å². The minimum absolute atomic E-state index is 0.166. The molecule has 5 aliphatic heterocycles. The fraction of sp³-hybridized carbons (Fsp3) is 0.500. The highest BCUT2D eigenvalue weighted by Crippen LogP contribution is 2.45. The molecule has 0 spiro atoms. The third-order valence-electron chi connectivity index (χ3n) is 19.2. The first-order valence-electron chi connectivity index (χ1n) is 32.6. The average Bonchev–Trinajstić information content (AvgIpc) is 1.09. The Bertz CT molecular complexity index is 3550. The molecule has 22 heteroatoms. The quantitative estimate of drug-likeness (QED) is 0.0696. The van der Waals surface area contributed by atoms with Crippen LogP contribution in [0.15, 0.2) is 114 Å². The number of hydrogen-bond donors (Lipinski definition) is 13. The number of sulfone groups is 1. The summed E-state index contributed by atoms with van der Waals surface area (Å²) in [6.07, 6.45) is -5.94. The van der Waals surface area contributed by atoms with Crippen LogP contribution in [0.4, 0.5) is 11.4 Å². The van der Waals surface area contributed by atoms with Crippen molar-refractivity contribution in [3.8, 4) is 11.5 Å². The highest BCUT2D eigenvalue weighted by molar-refractivity contribution is 7.90. The number of ether oxygens (including phenoxy) is 5. The van der Waals surface area contributed by atoms with E-state index in [1.807, 2.05) is 73.6 Å². The zero-order valence-electron chi connectivity index (χ0n) is 53.2. The van der Waals surface area contributed by atoms with Crippen LogP contribution >= 0.6 is 0 Å². The Balaban J connectivity index is 0.000000144. The molecule has 21 nitrogen and oxygen atoms in total. The normalized spacial score (nSPS) is 28.9. The molecular formula is C72H90N2O19S. The van der Waals surface area contributed by atoms with Crippen LogP contribution in [-0.4, -0.2) is 203 Å². The van der Waals surface area contributed by atoms with E-state index in [0.717, 1.165) is 89.2 Å². The van der Waals surface area contributed by atoms with Gasteiger partial charge in [0.25, 0.3) is 0 Å². The van der Waals surface area contributed by atoms with Crippen molar-refractivity contribution in [2.45, 2.75) is 173 Å². The second-order valence-electron chi connectivity index (χ2n) is 26.2. The number of nitrogens with one attached hydrogen (secondary N) is 1. The van der Waals surface area contributed by atoms with Crippen molar-refractivity contribution in [3.63, 3.8) is 0 Å². The summed E-state index contributed by atoms with van der Waals surface area (Å²) in [5, 5.41) is 124. The summed E-state index contributed by atoms with van der Waals surface area (Å²) in [6.45, 7) is 0.709. The summed E-state index contributed by atoms with van der Waals surface area (Å²) in [6, 6.07) is 35.3. The Morgan fingerprint density at radius 3 is 1.50 bits per heavy atom. The van der Waals surface area contributed by atoms with Crippen LogP contribution in [0.1, 0.15) is 129 Å². The van der Waals surface area contributed by atoms with E-state index < -0.39 is 121 Å². The van der Waals surface area contributed by atoms with Gasteiger partial charge in [-0.15, -0.1) is 0 Å². The number of aliphatic hydroxyl groups is 12. The van der Waals surface area contributed by atoms with Crippen molar-refractivity contribution in [2.24, 2.45) is 0 Å².